The molecule has 0 aliphatic carbocycles. The van der Waals surface area contributed by atoms with Crippen LogP contribution in [0.3, 0.4) is 0 Å². The van der Waals surface area contributed by atoms with Gasteiger partial charge in [-0.15, -0.1) is 0 Å². The van der Waals surface area contributed by atoms with Gasteiger partial charge < -0.3 is 4.74 Å². The van der Waals surface area contributed by atoms with Gasteiger partial charge in [-0.1, -0.05) is 28.1 Å². The second-order valence-electron chi connectivity index (χ2n) is 5.89. The molecule has 5 heteroatoms. The van der Waals surface area contributed by atoms with Crippen molar-refractivity contribution in [3.63, 3.8) is 0 Å². The molecule has 0 spiro atoms. The zero-order valence-corrected chi connectivity index (χ0v) is 13.7. The molecule has 3 unspecified atom stereocenters. The number of likely N-dealkylation sites (N-methyl/N-ethyl adjacent to an activating group) is 1. The van der Waals surface area contributed by atoms with Crippen molar-refractivity contribution in [1.82, 2.24) is 4.90 Å². The normalized spacial score (nSPS) is 26.9. The molecular weight excluding hydrogens is 334 g/mol. The molecular formula is C16H18BrNO3. The quantitative estimate of drug-likeness (QED) is 0.607. The lowest BCUT2D eigenvalue weighted by Crippen LogP contribution is -2.39. The number of carbonyl (C=O) groups excluding carboxylic acids is 2. The van der Waals surface area contributed by atoms with E-state index < -0.39 is 0 Å². The Labute approximate surface area is 132 Å². The molecule has 112 valence electrons. The van der Waals surface area contributed by atoms with Crippen LogP contribution in [0.1, 0.15) is 39.7 Å². The molecule has 0 N–H and O–H groups in total. The molecule has 4 nitrogen and oxygen atoms in total. The van der Waals surface area contributed by atoms with E-state index >= 15 is 0 Å². The Morgan fingerprint density at radius 3 is 2.81 bits per heavy atom. The summed E-state index contributed by atoms with van der Waals surface area (Å²) in [5.41, 5.74) is 2.54. The summed E-state index contributed by atoms with van der Waals surface area (Å²) in [6, 6.07) is 5.83. The van der Waals surface area contributed by atoms with Gasteiger partial charge in [-0.25, -0.2) is 0 Å². The average molecular weight is 352 g/mol. The molecule has 0 bridgehead atoms. The van der Waals surface area contributed by atoms with Gasteiger partial charge in [-0.3, -0.25) is 14.5 Å². The van der Waals surface area contributed by atoms with Crippen LogP contribution in [0.25, 0.3) is 0 Å². The number of imide groups is 1. The van der Waals surface area contributed by atoms with E-state index in [1.807, 2.05) is 18.2 Å². The van der Waals surface area contributed by atoms with E-state index in [9.17, 15) is 9.59 Å². The van der Waals surface area contributed by atoms with Crippen LogP contribution in [0.2, 0.25) is 0 Å². The summed E-state index contributed by atoms with van der Waals surface area (Å²) >= 11 is 3.74. The van der Waals surface area contributed by atoms with E-state index in [1.54, 1.807) is 7.05 Å². The Kier molecular flexibility index (Phi) is 3.88. The lowest BCUT2D eigenvalue weighted by Gasteiger charge is -2.25. The van der Waals surface area contributed by atoms with Gasteiger partial charge in [0.05, 0.1) is 19.1 Å². The molecule has 0 radical (unpaired) electrons. The van der Waals surface area contributed by atoms with Crippen molar-refractivity contribution >= 4 is 27.7 Å². The number of halogens is 1. The molecule has 2 heterocycles. The molecule has 0 aromatic heterocycles. The summed E-state index contributed by atoms with van der Waals surface area (Å²) in [6.07, 6.45) is 1.60. The molecule has 2 aliphatic rings. The number of fused-ring (bicyclic) bond motifs is 1. The van der Waals surface area contributed by atoms with Crippen LogP contribution in [-0.2, 0) is 16.0 Å². The van der Waals surface area contributed by atoms with Crippen LogP contribution in [0.15, 0.2) is 18.2 Å². The zero-order valence-electron chi connectivity index (χ0n) is 12.1. The van der Waals surface area contributed by atoms with Crippen molar-refractivity contribution in [3.8, 4) is 0 Å². The summed E-state index contributed by atoms with van der Waals surface area (Å²) in [7, 11) is 1.54. The SMILES string of the molecule is CC1CC(C(Br)c2ccc3c(c2)C(=O)N(C)C(=O)C3)CO1. The third-order valence-electron chi connectivity index (χ3n) is 4.35. The summed E-state index contributed by atoms with van der Waals surface area (Å²) in [5.74, 6) is 0.0589. The van der Waals surface area contributed by atoms with E-state index in [-0.39, 0.29) is 22.7 Å². The summed E-state index contributed by atoms with van der Waals surface area (Å²) in [5, 5.41) is 0. The average Bonchev–Trinajstić information content (AvgIpc) is 2.90. The molecule has 3 rings (SSSR count). The predicted octanol–water partition coefficient (Wildman–Crippen LogP) is 2.70. The number of carbonyl (C=O) groups is 2. The van der Waals surface area contributed by atoms with Crippen molar-refractivity contribution in [1.29, 1.82) is 0 Å². The van der Waals surface area contributed by atoms with Crippen molar-refractivity contribution in [2.75, 3.05) is 13.7 Å². The van der Waals surface area contributed by atoms with Gasteiger partial charge in [-0.2, -0.15) is 0 Å². The maximum absolute atomic E-state index is 12.2. The van der Waals surface area contributed by atoms with E-state index in [0.29, 0.717) is 17.9 Å². The van der Waals surface area contributed by atoms with Gasteiger partial charge in [0.1, 0.15) is 0 Å². The van der Waals surface area contributed by atoms with Gasteiger partial charge in [0.15, 0.2) is 0 Å². The monoisotopic (exact) mass is 351 g/mol. The topological polar surface area (TPSA) is 46.6 Å². The molecule has 2 aliphatic heterocycles. The predicted molar refractivity (Wildman–Crippen MR) is 82.4 cm³/mol. The first-order valence-electron chi connectivity index (χ1n) is 7.16. The van der Waals surface area contributed by atoms with Crippen molar-refractivity contribution in [2.24, 2.45) is 5.92 Å². The van der Waals surface area contributed by atoms with Crippen LogP contribution >= 0.6 is 15.9 Å². The van der Waals surface area contributed by atoms with Crippen molar-refractivity contribution in [3.05, 3.63) is 34.9 Å². The number of amides is 2. The minimum Gasteiger partial charge on any atom is -0.378 e. The maximum atomic E-state index is 12.2. The number of benzene rings is 1. The Balaban J connectivity index is 1.89. The molecule has 2 amide bonds. The third-order valence-corrected chi connectivity index (χ3v) is 5.62. The highest BCUT2D eigenvalue weighted by atomic mass is 79.9. The molecule has 1 fully saturated rings. The fourth-order valence-corrected chi connectivity index (χ4v) is 3.67. The lowest BCUT2D eigenvalue weighted by atomic mass is 9.91. The number of rotatable bonds is 2. The second kappa shape index (κ2) is 5.54. The number of hydrogen-bond acceptors (Lipinski definition) is 3. The Hall–Kier alpha value is -1.20. The number of ether oxygens (including phenoxy) is 1. The third kappa shape index (κ3) is 2.64. The van der Waals surface area contributed by atoms with E-state index in [1.165, 1.54) is 4.90 Å². The summed E-state index contributed by atoms with van der Waals surface area (Å²) < 4.78 is 5.62. The molecule has 1 saturated heterocycles. The fourth-order valence-electron chi connectivity index (χ4n) is 3.02. The first-order chi connectivity index (χ1) is 9.97. The highest BCUT2D eigenvalue weighted by molar-refractivity contribution is 9.09. The van der Waals surface area contributed by atoms with Crippen LogP contribution in [0.4, 0.5) is 0 Å². The van der Waals surface area contributed by atoms with E-state index in [2.05, 4.69) is 22.9 Å². The highest BCUT2D eigenvalue weighted by Gasteiger charge is 2.32. The van der Waals surface area contributed by atoms with Crippen LogP contribution in [0, 0.1) is 5.92 Å². The summed E-state index contributed by atoms with van der Waals surface area (Å²) in [6.45, 7) is 2.82. The van der Waals surface area contributed by atoms with Gasteiger partial charge in [0, 0.05) is 23.4 Å². The van der Waals surface area contributed by atoms with Gasteiger partial charge in [-0.05, 0) is 30.5 Å². The van der Waals surface area contributed by atoms with E-state index in [0.717, 1.165) is 24.2 Å². The first kappa shape index (κ1) is 14.7. The minimum atomic E-state index is -0.209. The first-order valence-corrected chi connectivity index (χ1v) is 8.08. The largest absolute Gasteiger partial charge is 0.378 e. The van der Waals surface area contributed by atoms with Gasteiger partial charge >= 0.3 is 0 Å². The molecule has 0 saturated carbocycles. The maximum Gasteiger partial charge on any atom is 0.260 e. The second-order valence-corrected chi connectivity index (χ2v) is 6.88. The highest BCUT2D eigenvalue weighted by Crippen LogP contribution is 2.39. The molecule has 1 aromatic carbocycles. The minimum absolute atomic E-state index is 0.145. The van der Waals surface area contributed by atoms with Crippen LogP contribution < -0.4 is 0 Å². The van der Waals surface area contributed by atoms with Gasteiger partial charge in [0.25, 0.3) is 5.91 Å². The molecule has 21 heavy (non-hydrogen) atoms. The van der Waals surface area contributed by atoms with Crippen molar-refractivity contribution in [2.45, 2.75) is 30.7 Å². The van der Waals surface area contributed by atoms with Crippen molar-refractivity contribution < 1.29 is 14.3 Å². The smallest absolute Gasteiger partial charge is 0.260 e. The number of hydrogen-bond donors (Lipinski definition) is 0. The zero-order chi connectivity index (χ0) is 15.1. The number of alkyl halides is 1. The Bertz CT molecular complexity index is 601. The fraction of sp³-hybridized carbons (Fsp3) is 0.500. The molecule has 3 atom stereocenters. The standard InChI is InChI=1S/C16H18BrNO3/c1-9-5-12(8-21-9)15(17)11-4-3-10-7-14(19)18(2)16(20)13(10)6-11/h3-4,6,9,12,15H,5,7-8H2,1-2H3. The Morgan fingerprint density at radius 1 is 1.38 bits per heavy atom. The van der Waals surface area contributed by atoms with Crippen LogP contribution in [-0.4, -0.2) is 36.5 Å². The Morgan fingerprint density at radius 2 is 2.14 bits per heavy atom. The van der Waals surface area contributed by atoms with E-state index in [4.69, 9.17) is 4.74 Å². The van der Waals surface area contributed by atoms with Gasteiger partial charge in [0.2, 0.25) is 5.91 Å². The van der Waals surface area contributed by atoms with Crippen LogP contribution in [0.5, 0.6) is 0 Å². The lowest BCUT2D eigenvalue weighted by molar-refractivity contribution is -0.127. The number of nitrogens with zero attached hydrogens (tertiary/aromatic N) is 1. The summed E-state index contributed by atoms with van der Waals surface area (Å²) in [4.78, 5) is 25.3. The molecule has 1 aromatic rings.